The zero-order valence-corrected chi connectivity index (χ0v) is 15.8. The highest BCUT2D eigenvalue weighted by Gasteiger charge is 2.32. The summed E-state index contributed by atoms with van der Waals surface area (Å²) in [5.74, 6) is -1.94. The number of benzene rings is 3. The Morgan fingerprint density at radius 2 is 1.53 bits per heavy atom. The molecule has 0 amide bonds. The number of carboxylic acid groups (broad SMARTS) is 1. The van der Waals surface area contributed by atoms with Gasteiger partial charge in [-0.3, -0.25) is 4.72 Å². The van der Waals surface area contributed by atoms with E-state index >= 15 is 0 Å². The van der Waals surface area contributed by atoms with Crippen LogP contribution < -0.4 is 4.72 Å². The van der Waals surface area contributed by atoms with Crippen molar-refractivity contribution >= 4 is 21.7 Å². The van der Waals surface area contributed by atoms with Crippen LogP contribution in [0.4, 0.5) is 23.2 Å². The second kappa shape index (κ2) is 7.79. The molecule has 3 rings (SSSR count). The van der Waals surface area contributed by atoms with E-state index in [2.05, 4.69) is 0 Å². The number of carbonyl (C=O) groups is 1. The van der Waals surface area contributed by atoms with Crippen molar-refractivity contribution in [2.45, 2.75) is 11.1 Å². The Balaban J connectivity index is 2.05. The lowest BCUT2D eigenvalue weighted by atomic mass is 10.0. The molecule has 3 aromatic rings. The van der Waals surface area contributed by atoms with Gasteiger partial charge in [0, 0.05) is 0 Å². The van der Waals surface area contributed by atoms with Crippen molar-refractivity contribution in [3.05, 3.63) is 83.7 Å². The second-order valence-electron chi connectivity index (χ2n) is 6.20. The first-order valence-electron chi connectivity index (χ1n) is 8.31. The Kier molecular flexibility index (Phi) is 5.53. The first kappa shape index (κ1) is 21.3. The summed E-state index contributed by atoms with van der Waals surface area (Å²) in [7, 11) is -4.53. The third-order valence-corrected chi connectivity index (χ3v) is 5.51. The minimum absolute atomic E-state index is 0.346. The van der Waals surface area contributed by atoms with E-state index in [9.17, 15) is 35.9 Å². The Labute approximate surface area is 168 Å². The Morgan fingerprint density at radius 3 is 2.13 bits per heavy atom. The molecule has 30 heavy (non-hydrogen) atoms. The fourth-order valence-electron chi connectivity index (χ4n) is 2.68. The number of anilines is 1. The fourth-order valence-corrected chi connectivity index (χ4v) is 3.80. The molecule has 156 valence electrons. The molecule has 0 aliphatic heterocycles. The van der Waals surface area contributed by atoms with E-state index < -0.39 is 44.0 Å². The van der Waals surface area contributed by atoms with Crippen LogP contribution >= 0.6 is 0 Å². The number of hydrogen-bond acceptors (Lipinski definition) is 3. The number of carboxylic acids is 1. The molecule has 0 saturated carbocycles. The van der Waals surface area contributed by atoms with Gasteiger partial charge in [-0.25, -0.2) is 17.6 Å². The van der Waals surface area contributed by atoms with Gasteiger partial charge in [0.25, 0.3) is 10.0 Å². The van der Waals surface area contributed by atoms with Crippen LogP contribution in [-0.2, 0) is 16.2 Å². The number of sulfonamides is 1. The lowest BCUT2D eigenvalue weighted by Gasteiger charge is -2.14. The number of alkyl halides is 3. The van der Waals surface area contributed by atoms with Crippen LogP contribution in [0.15, 0.2) is 71.6 Å². The first-order chi connectivity index (χ1) is 14.0. The highest BCUT2D eigenvalue weighted by Crippen LogP contribution is 2.32. The van der Waals surface area contributed by atoms with Crippen LogP contribution in [0.2, 0.25) is 0 Å². The van der Waals surface area contributed by atoms with Gasteiger partial charge in [0.2, 0.25) is 0 Å². The summed E-state index contributed by atoms with van der Waals surface area (Å²) in [6, 6.07) is 12.0. The molecule has 0 aliphatic rings. The zero-order valence-electron chi connectivity index (χ0n) is 14.9. The molecule has 0 spiro atoms. The van der Waals surface area contributed by atoms with E-state index in [4.69, 9.17) is 0 Å². The van der Waals surface area contributed by atoms with Crippen molar-refractivity contribution in [2.24, 2.45) is 0 Å². The molecule has 0 atom stereocenters. The standard InChI is InChI=1S/C20H13F4NO4S/c21-15-7-4-12(5-8-15)13-6-9-17(19(26)27)18(10-13)25-30(28,29)16-3-1-2-14(11-16)20(22,23)24/h1-11,25H,(H,26,27). The second-order valence-corrected chi connectivity index (χ2v) is 7.89. The predicted molar refractivity (Wildman–Crippen MR) is 101 cm³/mol. The molecule has 0 aromatic heterocycles. The molecule has 0 saturated heterocycles. The maximum absolute atomic E-state index is 13.1. The number of hydrogen-bond donors (Lipinski definition) is 2. The van der Waals surface area contributed by atoms with Crippen LogP contribution in [0.1, 0.15) is 15.9 Å². The van der Waals surface area contributed by atoms with Crippen molar-refractivity contribution in [3.8, 4) is 11.1 Å². The minimum atomic E-state index is -4.75. The predicted octanol–water partition coefficient (Wildman–Crippen LogP) is 5.01. The summed E-state index contributed by atoms with van der Waals surface area (Å²) < 4.78 is 79.1. The van der Waals surface area contributed by atoms with E-state index in [1.807, 2.05) is 4.72 Å². The van der Waals surface area contributed by atoms with Crippen molar-refractivity contribution in [3.63, 3.8) is 0 Å². The normalized spacial score (nSPS) is 11.9. The molecule has 0 heterocycles. The van der Waals surface area contributed by atoms with E-state index in [1.54, 1.807) is 0 Å². The summed E-state index contributed by atoms with van der Waals surface area (Å²) >= 11 is 0. The van der Waals surface area contributed by atoms with Crippen molar-refractivity contribution in [1.29, 1.82) is 0 Å². The highest BCUT2D eigenvalue weighted by molar-refractivity contribution is 7.92. The van der Waals surface area contributed by atoms with E-state index in [-0.39, 0.29) is 5.69 Å². The molecule has 5 nitrogen and oxygen atoms in total. The van der Waals surface area contributed by atoms with Crippen molar-refractivity contribution in [2.75, 3.05) is 4.72 Å². The van der Waals surface area contributed by atoms with E-state index in [0.29, 0.717) is 17.2 Å². The molecule has 0 bridgehead atoms. The van der Waals surface area contributed by atoms with Gasteiger partial charge in [0.1, 0.15) is 5.82 Å². The van der Waals surface area contributed by atoms with Gasteiger partial charge >= 0.3 is 12.1 Å². The maximum atomic E-state index is 13.1. The largest absolute Gasteiger partial charge is 0.478 e. The molecule has 3 aromatic carbocycles. The summed E-state index contributed by atoms with van der Waals surface area (Å²) in [4.78, 5) is 10.8. The van der Waals surface area contributed by atoms with Crippen LogP contribution in [0.25, 0.3) is 11.1 Å². The Bertz CT molecular complexity index is 1210. The molecule has 0 fully saturated rings. The van der Waals surface area contributed by atoms with Gasteiger partial charge in [0.05, 0.1) is 21.7 Å². The molecule has 0 radical (unpaired) electrons. The summed E-state index contributed by atoms with van der Waals surface area (Å²) in [6.07, 6.45) is -4.75. The molecule has 2 N–H and O–H groups in total. The van der Waals surface area contributed by atoms with Gasteiger partial charge in [-0.1, -0.05) is 24.3 Å². The van der Waals surface area contributed by atoms with Crippen LogP contribution in [0, 0.1) is 5.82 Å². The number of nitrogens with one attached hydrogen (secondary N) is 1. The Hall–Kier alpha value is -3.40. The molecular formula is C20H13F4NO4S. The van der Waals surface area contributed by atoms with Gasteiger partial charge in [-0.2, -0.15) is 13.2 Å². The quantitative estimate of drug-likeness (QED) is 0.548. The van der Waals surface area contributed by atoms with E-state index in [1.165, 1.54) is 36.4 Å². The lowest BCUT2D eigenvalue weighted by molar-refractivity contribution is -0.137. The number of aromatic carboxylic acids is 1. The van der Waals surface area contributed by atoms with Crippen molar-refractivity contribution < 1.29 is 35.9 Å². The minimum Gasteiger partial charge on any atom is -0.478 e. The van der Waals surface area contributed by atoms with Crippen LogP contribution in [0.5, 0.6) is 0 Å². The molecular weight excluding hydrogens is 426 g/mol. The summed E-state index contributed by atoms with van der Waals surface area (Å²) in [5.41, 5.74) is -1.06. The van der Waals surface area contributed by atoms with E-state index in [0.717, 1.165) is 24.3 Å². The average Bonchev–Trinajstić information content (AvgIpc) is 2.67. The van der Waals surface area contributed by atoms with Gasteiger partial charge in [-0.15, -0.1) is 0 Å². The molecule has 0 aliphatic carbocycles. The lowest BCUT2D eigenvalue weighted by Crippen LogP contribution is -2.16. The molecule has 0 unspecified atom stereocenters. The van der Waals surface area contributed by atoms with Gasteiger partial charge in [-0.05, 0) is 53.6 Å². The van der Waals surface area contributed by atoms with Gasteiger partial charge in [0.15, 0.2) is 0 Å². The average molecular weight is 439 g/mol. The van der Waals surface area contributed by atoms with Crippen LogP contribution in [0.3, 0.4) is 0 Å². The van der Waals surface area contributed by atoms with Crippen LogP contribution in [-0.4, -0.2) is 19.5 Å². The maximum Gasteiger partial charge on any atom is 0.416 e. The SMILES string of the molecule is O=C(O)c1ccc(-c2ccc(F)cc2)cc1NS(=O)(=O)c1cccc(C(F)(F)F)c1. The molecule has 10 heteroatoms. The van der Waals surface area contributed by atoms with Crippen molar-refractivity contribution in [1.82, 2.24) is 0 Å². The third kappa shape index (κ3) is 4.60. The first-order valence-corrected chi connectivity index (χ1v) is 9.79. The zero-order chi connectivity index (χ0) is 22.1. The number of halogens is 4. The number of rotatable bonds is 5. The third-order valence-electron chi connectivity index (χ3n) is 4.14. The summed E-state index contributed by atoms with van der Waals surface area (Å²) in [6.45, 7) is 0. The monoisotopic (exact) mass is 439 g/mol. The highest BCUT2D eigenvalue weighted by atomic mass is 32.2. The fraction of sp³-hybridized carbons (Fsp3) is 0.0500. The summed E-state index contributed by atoms with van der Waals surface area (Å²) in [5, 5.41) is 9.35. The van der Waals surface area contributed by atoms with Gasteiger partial charge < -0.3 is 5.11 Å². The smallest absolute Gasteiger partial charge is 0.416 e. The Morgan fingerprint density at radius 1 is 0.900 bits per heavy atom. The topological polar surface area (TPSA) is 83.5 Å².